The van der Waals surface area contributed by atoms with Crippen molar-refractivity contribution in [3.8, 4) is 11.1 Å². The number of hydrogen-bond donors (Lipinski definition) is 0. The van der Waals surface area contributed by atoms with Gasteiger partial charge in [-0.15, -0.1) is 11.3 Å². The van der Waals surface area contributed by atoms with Gasteiger partial charge in [-0.1, -0.05) is 30.3 Å². The topological polar surface area (TPSA) is 54.5 Å². The summed E-state index contributed by atoms with van der Waals surface area (Å²) in [5.41, 5.74) is 4.59. The van der Waals surface area contributed by atoms with E-state index in [1.807, 2.05) is 24.4 Å². The second-order valence-corrected chi connectivity index (χ2v) is 7.01. The van der Waals surface area contributed by atoms with Gasteiger partial charge in [-0.2, -0.15) is 0 Å². The molecular formula is C20H11NO3S. The molecule has 5 heteroatoms. The van der Waals surface area contributed by atoms with Crippen LogP contribution in [0.5, 0.6) is 0 Å². The predicted octanol–water partition coefficient (Wildman–Crippen LogP) is 4.07. The molecule has 2 aliphatic rings. The van der Waals surface area contributed by atoms with Crippen molar-refractivity contribution in [3.63, 3.8) is 0 Å². The lowest BCUT2D eigenvalue weighted by molar-refractivity contribution is 0.0927. The molecular weight excluding hydrogens is 334 g/mol. The van der Waals surface area contributed by atoms with Crippen molar-refractivity contribution in [2.75, 3.05) is 4.90 Å². The third kappa shape index (κ3) is 1.68. The summed E-state index contributed by atoms with van der Waals surface area (Å²) in [5.74, 6) is -0.863. The fourth-order valence-electron chi connectivity index (χ4n) is 3.64. The van der Waals surface area contributed by atoms with Crippen LogP contribution >= 0.6 is 11.3 Å². The number of carbonyl (C=O) groups is 3. The Morgan fingerprint density at radius 2 is 1.40 bits per heavy atom. The van der Waals surface area contributed by atoms with Crippen LogP contribution in [0.3, 0.4) is 0 Å². The number of benzene rings is 2. The fraction of sp³-hybridized carbons (Fsp3) is 0.0500. The highest BCUT2D eigenvalue weighted by Crippen LogP contribution is 2.48. The lowest BCUT2D eigenvalue weighted by Crippen LogP contribution is -2.29. The van der Waals surface area contributed by atoms with E-state index in [0.717, 1.165) is 21.6 Å². The first kappa shape index (κ1) is 14.3. The van der Waals surface area contributed by atoms with Crippen molar-refractivity contribution in [2.45, 2.75) is 6.92 Å². The van der Waals surface area contributed by atoms with E-state index in [1.54, 1.807) is 30.3 Å². The monoisotopic (exact) mass is 345 g/mol. The molecule has 1 aromatic heterocycles. The van der Waals surface area contributed by atoms with E-state index in [0.29, 0.717) is 27.3 Å². The minimum atomic E-state index is -0.370. The molecule has 0 fully saturated rings. The molecule has 25 heavy (non-hydrogen) atoms. The Kier molecular flexibility index (Phi) is 2.71. The van der Waals surface area contributed by atoms with Crippen LogP contribution < -0.4 is 4.90 Å². The molecule has 2 amide bonds. The van der Waals surface area contributed by atoms with Crippen LogP contribution in [0.4, 0.5) is 5.00 Å². The van der Waals surface area contributed by atoms with E-state index in [2.05, 4.69) is 0 Å². The molecule has 3 aromatic rings. The third-order valence-corrected chi connectivity index (χ3v) is 5.75. The first-order valence-corrected chi connectivity index (χ1v) is 8.71. The normalized spacial score (nSPS) is 14.8. The number of fused-ring (bicyclic) bond motifs is 4. The number of carbonyl (C=O) groups excluding carboxylic acids is 3. The Hall–Kier alpha value is -3.05. The highest BCUT2D eigenvalue weighted by atomic mass is 32.1. The summed E-state index contributed by atoms with van der Waals surface area (Å²) in [5, 5.41) is 2.28. The molecule has 0 atom stereocenters. The van der Waals surface area contributed by atoms with Gasteiger partial charge in [0, 0.05) is 16.5 Å². The van der Waals surface area contributed by atoms with Gasteiger partial charge in [0.05, 0.1) is 16.7 Å². The summed E-state index contributed by atoms with van der Waals surface area (Å²) < 4.78 is 0. The van der Waals surface area contributed by atoms with Gasteiger partial charge in [0.2, 0.25) is 0 Å². The summed E-state index contributed by atoms with van der Waals surface area (Å²) in [6, 6.07) is 12.4. The van der Waals surface area contributed by atoms with Gasteiger partial charge in [0.15, 0.2) is 5.78 Å². The number of nitrogens with zero attached hydrogens (tertiary/aromatic N) is 1. The van der Waals surface area contributed by atoms with Gasteiger partial charge in [-0.3, -0.25) is 14.4 Å². The molecule has 5 rings (SSSR count). The van der Waals surface area contributed by atoms with Crippen molar-refractivity contribution in [3.05, 3.63) is 75.7 Å². The molecule has 120 valence electrons. The highest BCUT2D eigenvalue weighted by Gasteiger charge is 2.42. The van der Waals surface area contributed by atoms with Crippen molar-refractivity contribution < 1.29 is 14.4 Å². The lowest BCUT2D eigenvalue weighted by Gasteiger charge is -2.12. The Labute approximate surface area is 147 Å². The van der Waals surface area contributed by atoms with Crippen LogP contribution in [0.15, 0.2) is 47.8 Å². The first-order chi connectivity index (χ1) is 12.1. The zero-order valence-electron chi connectivity index (χ0n) is 13.2. The lowest BCUT2D eigenvalue weighted by atomic mass is 10.0. The van der Waals surface area contributed by atoms with E-state index in [-0.39, 0.29) is 17.6 Å². The molecule has 1 aliphatic heterocycles. The second kappa shape index (κ2) is 4.74. The van der Waals surface area contributed by atoms with E-state index in [9.17, 15) is 14.4 Å². The predicted molar refractivity (Wildman–Crippen MR) is 95.5 cm³/mol. The average molecular weight is 345 g/mol. The van der Waals surface area contributed by atoms with Gasteiger partial charge in [0.1, 0.15) is 5.00 Å². The number of anilines is 1. The van der Waals surface area contributed by atoms with Gasteiger partial charge < -0.3 is 0 Å². The van der Waals surface area contributed by atoms with Crippen LogP contribution in [0.2, 0.25) is 0 Å². The summed E-state index contributed by atoms with van der Waals surface area (Å²) in [7, 11) is 0. The van der Waals surface area contributed by atoms with Gasteiger partial charge >= 0.3 is 0 Å². The molecule has 1 aliphatic carbocycles. The maximum absolute atomic E-state index is 12.9. The average Bonchev–Trinajstić information content (AvgIpc) is 3.23. The standard InChI is InChI=1S/C20H11NO3S/c1-10-5-4-8-13-15(10)14-9-25-20(16(14)17(13)22)21-18(23)11-6-2-3-7-12(11)19(21)24/h2-9H,1H3. The number of thiophene rings is 1. The molecule has 0 saturated carbocycles. The number of aryl methyl sites for hydroxylation is 1. The molecule has 0 bridgehead atoms. The number of hydrogen-bond acceptors (Lipinski definition) is 4. The summed E-state index contributed by atoms with van der Waals surface area (Å²) in [4.78, 5) is 39.6. The van der Waals surface area contributed by atoms with Crippen molar-refractivity contribution in [1.29, 1.82) is 0 Å². The minimum Gasteiger partial charge on any atom is -0.288 e. The van der Waals surface area contributed by atoms with Crippen LogP contribution in [-0.2, 0) is 0 Å². The summed E-state index contributed by atoms with van der Waals surface area (Å²) >= 11 is 1.27. The zero-order chi connectivity index (χ0) is 17.3. The van der Waals surface area contributed by atoms with E-state index >= 15 is 0 Å². The van der Waals surface area contributed by atoms with Crippen molar-refractivity contribution in [1.82, 2.24) is 0 Å². The van der Waals surface area contributed by atoms with Gasteiger partial charge in [0.25, 0.3) is 11.8 Å². The van der Waals surface area contributed by atoms with E-state index in [1.165, 1.54) is 11.3 Å². The molecule has 0 radical (unpaired) electrons. The van der Waals surface area contributed by atoms with Crippen LogP contribution in [-0.4, -0.2) is 17.6 Å². The summed E-state index contributed by atoms with van der Waals surface area (Å²) in [6.07, 6.45) is 0. The number of imide groups is 1. The van der Waals surface area contributed by atoms with Crippen molar-refractivity contribution in [2.24, 2.45) is 0 Å². The number of rotatable bonds is 1. The third-order valence-electron chi connectivity index (χ3n) is 4.78. The minimum absolute atomic E-state index is 0.124. The Morgan fingerprint density at radius 1 is 0.760 bits per heavy atom. The van der Waals surface area contributed by atoms with Crippen molar-refractivity contribution >= 4 is 33.9 Å². The number of amides is 2. The fourth-order valence-corrected chi connectivity index (χ4v) is 4.70. The molecule has 4 nitrogen and oxygen atoms in total. The molecule has 0 N–H and O–H groups in total. The Bertz CT molecular complexity index is 1090. The highest BCUT2D eigenvalue weighted by molar-refractivity contribution is 7.15. The zero-order valence-corrected chi connectivity index (χ0v) is 14.0. The van der Waals surface area contributed by atoms with Crippen LogP contribution in [0.1, 0.15) is 42.2 Å². The van der Waals surface area contributed by atoms with Crippen LogP contribution in [0.25, 0.3) is 11.1 Å². The first-order valence-electron chi connectivity index (χ1n) is 7.83. The van der Waals surface area contributed by atoms with E-state index in [4.69, 9.17) is 0 Å². The largest absolute Gasteiger partial charge is 0.288 e. The molecule has 0 spiro atoms. The summed E-state index contributed by atoms with van der Waals surface area (Å²) in [6.45, 7) is 1.96. The van der Waals surface area contributed by atoms with Gasteiger partial charge in [-0.05, 0) is 30.2 Å². The number of ketones is 1. The maximum atomic E-state index is 12.9. The quantitative estimate of drug-likeness (QED) is 0.489. The van der Waals surface area contributed by atoms with E-state index < -0.39 is 0 Å². The smallest absolute Gasteiger partial charge is 0.266 e. The van der Waals surface area contributed by atoms with Gasteiger partial charge in [-0.25, -0.2) is 4.90 Å². The second-order valence-electron chi connectivity index (χ2n) is 6.15. The van der Waals surface area contributed by atoms with Crippen LogP contribution in [0, 0.1) is 6.92 Å². The molecule has 2 heterocycles. The Morgan fingerprint density at radius 3 is 2.08 bits per heavy atom. The molecule has 0 unspecified atom stereocenters. The Balaban J connectivity index is 1.71. The SMILES string of the molecule is Cc1cccc2c1-c1csc(N3C(=O)c4ccccc4C3=O)c1C2=O. The maximum Gasteiger partial charge on any atom is 0.266 e. The molecule has 0 saturated heterocycles. The molecule has 2 aromatic carbocycles.